The SMILES string of the molecule is O=C(N/N=C/c1cc(C2CCCCC2)cc(Cl)c1O)c1ccccc1O. The van der Waals surface area contributed by atoms with Crippen molar-refractivity contribution in [2.45, 2.75) is 38.0 Å². The molecule has 0 atom stereocenters. The first-order valence-electron chi connectivity index (χ1n) is 8.70. The van der Waals surface area contributed by atoms with Crippen LogP contribution in [0.25, 0.3) is 0 Å². The second kappa shape index (κ2) is 8.23. The quantitative estimate of drug-likeness (QED) is 0.543. The molecule has 0 heterocycles. The molecular formula is C20H21ClN2O3. The van der Waals surface area contributed by atoms with Crippen LogP contribution in [0.5, 0.6) is 11.5 Å². The summed E-state index contributed by atoms with van der Waals surface area (Å²) in [5, 5.41) is 24.0. The zero-order valence-electron chi connectivity index (χ0n) is 14.3. The highest BCUT2D eigenvalue weighted by Gasteiger charge is 2.18. The summed E-state index contributed by atoms with van der Waals surface area (Å²) in [4.78, 5) is 12.0. The van der Waals surface area contributed by atoms with E-state index in [1.165, 1.54) is 37.6 Å². The van der Waals surface area contributed by atoms with Gasteiger partial charge in [-0.2, -0.15) is 5.10 Å². The number of rotatable bonds is 4. The van der Waals surface area contributed by atoms with Crippen LogP contribution in [0.4, 0.5) is 0 Å². The molecule has 136 valence electrons. The first kappa shape index (κ1) is 18.3. The Morgan fingerprint density at radius 2 is 1.88 bits per heavy atom. The molecule has 1 aliphatic carbocycles. The predicted octanol–water partition coefficient (Wildman–Crippen LogP) is 4.56. The van der Waals surface area contributed by atoms with Crippen LogP contribution in [0.3, 0.4) is 0 Å². The second-order valence-electron chi connectivity index (χ2n) is 6.49. The molecule has 0 aromatic heterocycles. The topological polar surface area (TPSA) is 81.9 Å². The summed E-state index contributed by atoms with van der Waals surface area (Å²) in [5.41, 5.74) is 4.02. The number of nitrogens with one attached hydrogen (secondary N) is 1. The fourth-order valence-corrected chi connectivity index (χ4v) is 3.53. The van der Waals surface area contributed by atoms with Crippen molar-refractivity contribution < 1.29 is 15.0 Å². The van der Waals surface area contributed by atoms with E-state index in [1.54, 1.807) is 12.1 Å². The molecule has 1 aliphatic rings. The Hall–Kier alpha value is -2.53. The lowest BCUT2D eigenvalue weighted by atomic mass is 9.83. The van der Waals surface area contributed by atoms with E-state index in [0.717, 1.165) is 18.4 Å². The van der Waals surface area contributed by atoms with Gasteiger partial charge in [-0.1, -0.05) is 43.0 Å². The second-order valence-corrected chi connectivity index (χ2v) is 6.90. The van der Waals surface area contributed by atoms with E-state index in [1.807, 2.05) is 12.1 Å². The highest BCUT2D eigenvalue weighted by Crippen LogP contribution is 2.37. The summed E-state index contributed by atoms with van der Waals surface area (Å²) < 4.78 is 0. The number of nitrogens with zero attached hydrogens (tertiary/aromatic N) is 1. The third kappa shape index (κ3) is 4.17. The molecule has 2 aromatic carbocycles. The average molecular weight is 373 g/mol. The summed E-state index contributed by atoms with van der Waals surface area (Å²) >= 11 is 6.16. The molecule has 1 fully saturated rings. The normalized spacial score (nSPS) is 15.3. The number of carbonyl (C=O) groups excluding carboxylic acids is 1. The van der Waals surface area contributed by atoms with Crippen LogP contribution in [0.15, 0.2) is 41.5 Å². The molecular weight excluding hydrogens is 352 g/mol. The van der Waals surface area contributed by atoms with Gasteiger partial charge >= 0.3 is 0 Å². The zero-order valence-corrected chi connectivity index (χ0v) is 15.0. The van der Waals surface area contributed by atoms with Crippen molar-refractivity contribution in [1.82, 2.24) is 5.43 Å². The van der Waals surface area contributed by atoms with Gasteiger partial charge in [0.15, 0.2) is 0 Å². The van der Waals surface area contributed by atoms with E-state index in [4.69, 9.17) is 11.6 Å². The Balaban J connectivity index is 1.76. The fraction of sp³-hybridized carbons (Fsp3) is 0.300. The molecule has 1 saturated carbocycles. The largest absolute Gasteiger partial charge is 0.507 e. The summed E-state index contributed by atoms with van der Waals surface area (Å²) in [6.07, 6.45) is 7.25. The lowest BCUT2D eigenvalue weighted by molar-refractivity contribution is 0.0952. The smallest absolute Gasteiger partial charge is 0.275 e. The van der Waals surface area contributed by atoms with Gasteiger partial charge in [-0.25, -0.2) is 5.43 Å². The number of benzene rings is 2. The van der Waals surface area contributed by atoms with Crippen molar-refractivity contribution >= 4 is 23.7 Å². The Labute approximate surface area is 157 Å². The van der Waals surface area contributed by atoms with Gasteiger partial charge in [0.05, 0.1) is 16.8 Å². The van der Waals surface area contributed by atoms with Crippen molar-refractivity contribution in [2.24, 2.45) is 5.10 Å². The molecule has 0 saturated heterocycles. The van der Waals surface area contributed by atoms with Gasteiger partial charge in [0, 0.05) is 5.56 Å². The van der Waals surface area contributed by atoms with E-state index in [2.05, 4.69) is 10.5 Å². The van der Waals surface area contributed by atoms with Crippen LogP contribution in [0.1, 0.15) is 59.5 Å². The van der Waals surface area contributed by atoms with E-state index in [0.29, 0.717) is 11.5 Å². The number of phenolic OH excluding ortho intramolecular Hbond substituents is 2. The summed E-state index contributed by atoms with van der Waals surface area (Å²) in [7, 11) is 0. The number of halogens is 1. The molecule has 3 N–H and O–H groups in total. The van der Waals surface area contributed by atoms with Crippen LogP contribution in [0.2, 0.25) is 5.02 Å². The van der Waals surface area contributed by atoms with E-state index in [-0.39, 0.29) is 22.1 Å². The Bertz CT molecular complexity index is 830. The molecule has 1 amide bonds. The number of para-hydroxylation sites is 1. The van der Waals surface area contributed by atoms with Crippen molar-refractivity contribution in [3.05, 3.63) is 58.1 Å². The third-order valence-electron chi connectivity index (χ3n) is 4.71. The van der Waals surface area contributed by atoms with Crippen LogP contribution in [-0.4, -0.2) is 22.3 Å². The number of hydrogen-bond donors (Lipinski definition) is 3. The lowest BCUT2D eigenvalue weighted by Gasteiger charge is -2.22. The molecule has 0 bridgehead atoms. The molecule has 3 rings (SSSR count). The molecule has 0 spiro atoms. The van der Waals surface area contributed by atoms with Crippen molar-refractivity contribution in [1.29, 1.82) is 0 Å². The van der Waals surface area contributed by atoms with E-state index < -0.39 is 5.91 Å². The van der Waals surface area contributed by atoms with E-state index >= 15 is 0 Å². The summed E-state index contributed by atoms with van der Waals surface area (Å²) in [5.74, 6) is -0.282. The first-order chi connectivity index (χ1) is 12.6. The molecule has 6 heteroatoms. The molecule has 0 aliphatic heterocycles. The molecule has 0 radical (unpaired) electrons. The maximum absolute atomic E-state index is 12.0. The third-order valence-corrected chi connectivity index (χ3v) is 5.00. The molecule has 0 unspecified atom stereocenters. The van der Waals surface area contributed by atoms with Gasteiger partial charge in [-0.05, 0) is 48.6 Å². The number of hydrogen-bond acceptors (Lipinski definition) is 4. The predicted molar refractivity (Wildman–Crippen MR) is 102 cm³/mol. The van der Waals surface area contributed by atoms with Crippen molar-refractivity contribution in [2.75, 3.05) is 0 Å². The number of phenols is 2. The number of carbonyl (C=O) groups is 1. The van der Waals surface area contributed by atoms with Crippen LogP contribution < -0.4 is 5.43 Å². The Morgan fingerprint density at radius 1 is 1.15 bits per heavy atom. The van der Waals surface area contributed by atoms with E-state index in [9.17, 15) is 15.0 Å². The Morgan fingerprint density at radius 3 is 2.62 bits per heavy atom. The summed E-state index contributed by atoms with van der Waals surface area (Å²) in [6, 6.07) is 9.89. The first-order valence-corrected chi connectivity index (χ1v) is 9.08. The minimum absolute atomic E-state index is 0.0632. The highest BCUT2D eigenvalue weighted by atomic mass is 35.5. The number of amides is 1. The van der Waals surface area contributed by atoms with Gasteiger partial charge in [0.2, 0.25) is 0 Å². The minimum Gasteiger partial charge on any atom is -0.507 e. The van der Waals surface area contributed by atoms with Crippen LogP contribution in [-0.2, 0) is 0 Å². The highest BCUT2D eigenvalue weighted by molar-refractivity contribution is 6.32. The lowest BCUT2D eigenvalue weighted by Crippen LogP contribution is -2.17. The van der Waals surface area contributed by atoms with Gasteiger partial charge in [-0.15, -0.1) is 0 Å². The van der Waals surface area contributed by atoms with Crippen LogP contribution >= 0.6 is 11.6 Å². The van der Waals surface area contributed by atoms with Crippen molar-refractivity contribution in [3.63, 3.8) is 0 Å². The molecule has 2 aromatic rings. The molecule has 26 heavy (non-hydrogen) atoms. The number of aromatic hydroxyl groups is 2. The summed E-state index contributed by atoms with van der Waals surface area (Å²) in [6.45, 7) is 0. The molecule has 5 nitrogen and oxygen atoms in total. The average Bonchev–Trinajstić information content (AvgIpc) is 2.66. The van der Waals surface area contributed by atoms with Crippen LogP contribution in [0, 0.1) is 0 Å². The van der Waals surface area contributed by atoms with Gasteiger partial charge in [0.1, 0.15) is 11.5 Å². The van der Waals surface area contributed by atoms with Gasteiger partial charge in [0.25, 0.3) is 5.91 Å². The van der Waals surface area contributed by atoms with Crippen molar-refractivity contribution in [3.8, 4) is 11.5 Å². The Kier molecular flexibility index (Phi) is 5.78. The monoisotopic (exact) mass is 372 g/mol. The maximum Gasteiger partial charge on any atom is 0.275 e. The minimum atomic E-state index is -0.534. The maximum atomic E-state index is 12.0. The zero-order chi connectivity index (χ0) is 18.5. The fourth-order valence-electron chi connectivity index (χ4n) is 3.30. The van der Waals surface area contributed by atoms with Gasteiger partial charge in [-0.3, -0.25) is 4.79 Å². The number of hydrazone groups is 1. The van der Waals surface area contributed by atoms with Gasteiger partial charge < -0.3 is 10.2 Å². The standard InChI is InChI=1S/C20H21ClN2O3/c21-17-11-14(13-6-2-1-3-7-13)10-15(19(17)25)12-22-23-20(26)16-8-4-5-9-18(16)24/h4-5,8-13,24-25H,1-3,6-7H2,(H,23,26)/b22-12+.